The zero-order chi connectivity index (χ0) is 27.3. The summed E-state index contributed by atoms with van der Waals surface area (Å²) in [6, 6.07) is 22.8. The lowest BCUT2D eigenvalue weighted by Gasteiger charge is -2.42. The number of ether oxygens (including phenoxy) is 1. The first-order chi connectivity index (χ1) is 18.1. The summed E-state index contributed by atoms with van der Waals surface area (Å²) in [5.74, 6) is -0.349. The zero-order valence-corrected chi connectivity index (χ0v) is 22.8. The van der Waals surface area contributed by atoms with Crippen LogP contribution in [-0.4, -0.2) is 44.2 Å². The fraction of sp³-hybridized carbons (Fsp3) is 0.333. The van der Waals surface area contributed by atoms with E-state index in [1.807, 2.05) is 44.2 Å². The van der Waals surface area contributed by atoms with Crippen LogP contribution in [0.1, 0.15) is 51.0 Å². The highest BCUT2D eigenvalue weighted by Crippen LogP contribution is 2.34. The number of nitrogens with zero attached hydrogens (tertiary/aromatic N) is 1. The first kappa shape index (κ1) is 27.5. The van der Waals surface area contributed by atoms with Gasteiger partial charge in [-0.1, -0.05) is 37.3 Å². The first-order valence-corrected chi connectivity index (χ1v) is 14.5. The van der Waals surface area contributed by atoms with E-state index in [0.29, 0.717) is 23.4 Å². The molecule has 202 valence electrons. The number of sulfone groups is 1. The molecule has 0 aliphatic carbocycles. The van der Waals surface area contributed by atoms with E-state index in [1.165, 1.54) is 12.1 Å². The summed E-state index contributed by atoms with van der Waals surface area (Å²) in [5.41, 5.74) is 2.02. The van der Waals surface area contributed by atoms with Gasteiger partial charge in [-0.15, -0.1) is 0 Å². The van der Waals surface area contributed by atoms with Gasteiger partial charge < -0.3 is 15.0 Å². The van der Waals surface area contributed by atoms with Crippen LogP contribution in [0.3, 0.4) is 0 Å². The Bertz CT molecular complexity index is 1370. The van der Waals surface area contributed by atoms with E-state index in [0.717, 1.165) is 18.5 Å². The molecule has 4 rings (SSSR count). The standard InChI is InChI=1S/C30H34N2O5S.H2/c1-4-38(35,36)26-18-12-22(13-19-26)21-28(33)31-24-16-14-23(15-17-24)29(34)32(25-9-6-5-7-10-25)30(2,3)27-11-8-20-37-27;/h5-7,9-10,12-19,27H,4,8,11,20-21H2,1-3H3,(H,31,33);1H. The number of hydrogen-bond acceptors (Lipinski definition) is 5. The van der Waals surface area contributed by atoms with Crippen molar-refractivity contribution in [1.82, 2.24) is 0 Å². The molecule has 7 nitrogen and oxygen atoms in total. The third kappa shape index (κ3) is 6.14. The van der Waals surface area contributed by atoms with Gasteiger partial charge in [-0.05, 0) is 80.8 Å². The van der Waals surface area contributed by atoms with Crippen LogP contribution in [-0.2, 0) is 25.8 Å². The summed E-state index contributed by atoms with van der Waals surface area (Å²) in [7, 11) is -3.28. The molecule has 1 heterocycles. The van der Waals surface area contributed by atoms with E-state index in [1.54, 1.807) is 48.2 Å². The Morgan fingerprint density at radius 1 is 1.00 bits per heavy atom. The second kappa shape index (κ2) is 11.5. The first-order valence-electron chi connectivity index (χ1n) is 12.8. The summed E-state index contributed by atoms with van der Waals surface area (Å²) >= 11 is 0. The Labute approximate surface area is 226 Å². The Hall–Kier alpha value is -3.49. The quantitative estimate of drug-likeness (QED) is 0.389. The molecule has 1 aliphatic rings. The predicted octanol–water partition coefficient (Wildman–Crippen LogP) is 5.51. The van der Waals surface area contributed by atoms with E-state index in [-0.39, 0.29) is 36.4 Å². The average Bonchev–Trinajstić information content (AvgIpc) is 3.46. The third-order valence-corrected chi connectivity index (χ3v) is 8.70. The van der Waals surface area contributed by atoms with Crippen LogP contribution >= 0.6 is 0 Å². The minimum atomic E-state index is -3.28. The van der Waals surface area contributed by atoms with Crippen molar-refractivity contribution >= 4 is 33.0 Å². The molecule has 1 N–H and O–H groups in total. The summed E-state index contributed by atoms with van der Waals surface area (Å²) in [4.78, 5) is 28.4. The average molecular weight is 537 g/mol. The minimum absolute atomic E-state index is 0. The molecule has 1 atom stereocenters. The SMILES string of the molecule is CCS(=O)(=O)c1ccc(CC(=O)Nc2ccc(C(=O)N(c3ccccc3)C(C)(C)C3CCCO3)cc2)cc1.[HH]. The van der Waals surface area contributed by atoms with E-state index >= 15 is 0 Å². The van der Waals surface area contributed by atoms with Gasteiger partial charge in [0.2, 0.25) is 5.91 Å². The van der Waals surface area contributed by atoms with E-state index < -0.39 is 15.4 Å². The Kier molecular flexibility index (Phi) is 8.33. The van der Waals surface area contributed by atoms with Crippen LogP contribution < -0.4 is 10.2 Å². The molecule has 1 aliphatic heterocycles. The molecule has 0 aromatic heterocycles. The molecule has 2 amide bonds. The molecule has 0 saturated carbocycles. The highest BCUT2D eigenvalue weighted by molar-refractivity contribution is 7.91. The molecule has 1 unspecified atom stereocenters. The molecule has 1 saturated heterocycles. The van der Waals surface area contributed by atoms with Crippen LogP contribution in [0.25, 0.3) is 0 Å². The highest BCUT2D eigenvalue weighted by Gasteiger charge is 2.41. The predicted molar refractivity (Wildman–Crippen MR) is 151 cm³/mol. The van der Waals surface area contributed by atoms with Crippen molar-refractivity contribution in [1.29, 1.82) is 0 Å². The highest BCUT2D eigenvalue weighted by atomic mass is 32.2. The molecular formula is C30H36N2O5S. The van der Waals surface area contributed by atoms with E-state index in [4.69, 9.17) is 4.74 Å². The number of nitrogens with one attached hydrogen (secondary N) is 1. The van der Waals surface area contributed by atoms with Gasteiger partial charge in [0.1, 0.15) is 0 Å². The van der Waals surface area contributed by atoms with Crippen molar-refractivity contribution in [3.05, 3.63) is 90.0 Å². The van der Waals surface area contributed by atoms with Gasteiger partial charge in [0.05, 0.1) is 28.7 Å². The summed E-state index contributed by atoms with van der Waals surface area (Å²) < 4.78 is 29.9. The van der Waals surface area contributed by atoms with Crippen molar-refractivity contribution in [2.75, 3.05) is 22.6 Å². The smallest absolute Gasteiger partial charge is 0.258 e. The number of carbonyl (C=O) groups excluding carboxylic acids is 2. The maximum atomic E-state index is 13.8. The number of carbonyl (C=O) groups is 2. The fourth-order valence-electron chi connectivity index (χ4n) is 4.76. The van der Waals surface area contributed by atoms with Gasteiger partial charge >= 0.3 is 0 Å². The van der Waals surface area contributed by atoms with Crippen LogP contribution in [0.5, 0.6) is 0 Å². The largest absolute Gasteiger partial charge is 0.376 e. The molecule has 0 spiro atoms. The number of anilines is 2. The molecule has 3 aromatic rings. The van der Waals surface area contributed by atoms with E-state index in [9.17, 15) is 18.0 Å². The van der Waals surface area contributed by atoms with E-state index in [2.05, 4.69) is 5.32 Å². The summed E-state index contributed by atoms with van der Waals surface area (Å²) in [6.45, 7) is 6.36. The van der Waals surface area contributed by atoms with Crippen LogP contribution in [0, 0.1) is 0 Å². The Morgan fingerprint density at radius 3 is 2.24 bits per heavy atom. The normalized spacial score (nSPS) is 15.7. The van der Waals surface area contributed by atoms with Gasteiger partial charge in [0, 0.05) is 25.0 Å². The lowest BCUT2D eigenvalue weighted by atomic mass is 9.91. The van der Waals surface area contributed by atoms with Gasteiger partial charge in [-0.25, -0.2) is 8.42 Å². The molecule has 3 aromatic carbocycles. The van der Waals surface area contributed by atoms with Crippen molar-refractivity contribution in [3.8, 4) is 0 Å². The molecular weight excluding hydrogens is 500 g/mol. The van der Waals surface area contributed by atoms with Crippen molar-refractivity contribution in [2.45, 2.75) is 56.6 Å². The number of amides is 2. The fourth-order valence-corrected chi connectivity index (χ4v) is 5.65. The molecule has 0 radical (unpaired) electrons. The second-order valence-corrected chi connectivity index (χ2v) is 12.3. The monoisotopic (exact) mass is 536 g/mol. The lowest BCUT2D eigenvalue weighted by Crippen LogP contribution is -2.55. The van der Waals surface area contributed by atoms with Crippen molar-refractivity contribution in [2.24, 2.45) is 0 Å². The molecule has 8 heteroatoms. The van der Waals surface area contributed by atoms with Crippen LogP contribution in [0.15, 0.2) is 83.8 Å². The topological polar surface area (TPSA) is 92.8 Å². The van der Waals surface area contributed by atoms with Crippen molar-refractivity contribution in [3.63, 3.8) is 0 Å². The summed E-state index contributed by atoms with van der Waals surface area (Å²) in [5, 5.41) is 2.85. The van der Waals surface area contributed by atoms with Crippen molar-refractivity contribution < 1.29 is 24.2 Å². The van der Waals surface area contributed by atoms with Gasteiger partial charge in [0.25, 0.3) is 5.91 Å². The summed E-state index contributed by atoms with van der Waals surface area (Å²) in [6.07, 6.45) is 1.90. The van der Waals surface area contributed by atoms with Crippen LogP contribution in [0.4, 0.5) is 11.4 Å². The molecule has 1 fully saturated rings. The molecule has 0 bridgehead atoms. The maximum absolute atomic E-state index is 13.8. The lowest BCUT2D eigenvalue weighted by molar-refractivity contribution is -0.115. The molecule has 38 heavy (non-hydrogen) atoms. The van der Waals surface area contributed by atoms with Gasteiger partial charge in [-0.3, -0.25) is 9.59 Å². The Morgan fingerprint density at radius 2 is 1.66 bits per heavy atom. The van der Waals surface area contributed by atoms with Crippen LogP contribution in [0.2, 0.25) is 0 Å². The second-order valence-electron chi connectivity index (χ2n) is 9.98. The van der Waals surface area contributed by atoms with Gasteiger partial charge in [-0.2, -0.15) is 0 Å². The zero-order valence-electron chi connectivity index (χ0n) is 22.0. The minimum Gasteiger partial charge on any atom is -0.376 e. The Balaban J connectivity index is 0.00000420. The number of hydrogen-bond donors (Lipinski definition) is 1. The number of rotatable bonds is 9. The number of para-hydroxylation sites is 1. The maximum Gasteiger partial charge on any atom is 0.258 e. The van der Waals surface area contributed by atoms with Gasteiger partial charge in [0.15, 0.2) is 9.84 Å². The number of benzene rings is 3. The third-order valence-electron chi connectivity index (χ3n) is 6.95.